The van der Waals surface area contributed by atoms with Crippen LogP contribution in [0.25, 0.3) is 16.9 Å². The van der Waals surface area contributed by atoms with Crippen LogP contribution in [-0.4, -0.2) is 19.2 Å². The summed E-state index contributed by atoms with van der Waals surface area (Å²) in [4.78, 5) is 18.1. The quantitative estimate of drug-likeness (QED) is 0.641. The molecule has 2 heterocycles. The monoisotopic (exact) mass is 306 g/mol. The third-order valence-corrected chi connectivity index (χ3v) is 5.61. The molecule has 0 N–H and O–H groups in total. The number of hydrogen-bond acceptors (Lipinski definition) is 3. The van der Waals surface area contributed by atoms with Crippen LogP contribution in [0, 0.1) is 0 Å². The standard InChI is InChI=1S/C18H18N4O/c1-21-17-20-15-14(16(23)22(17)11-19-21)13-7-3-2-6-12(13)10-18(15)8-4-5-9-18/h2-3,6-7,11H,4-5,8-10H2,1H3. The van der Waals surface area contributed by atoms with Crippen LogP contribution in [0.5, 0.6) is 0 Å². The fraction of sp³-hybridized carbons (Fsp3) is 0.389. The van der Waals surface area contributed by atoms with E-state index in [2.05, 4.69) is 23.3 Å². The summed E-state index contributed by atoms with van der Waals surface area (Å²) in [6.07, 6.45) is 7.24. The van der Waals surface area contributed by atoms with E-state index in [1.54, 1.807) is 15.4 Å². The summed E-state index contributed by atoms with van der Waals surface area (Å²) in [5.74, 6) is 0.638. The molecule has 0 bridgehead atoms. The fourth-order valence-electron chi connectivity index (χ4n) is 4.49. The van der Waals surface area contributed by atoms with Gasteiger partial charge in [0.2, 0.25) is 5.78 Å². The van der Waals surface area contributed by atoms with Gasteiger partial charge in [0.05, 0.1) is 11.3 Å². The second-order valence-electron chi connectivity index (χ2n) is 6.89. The summed E-state index contributed by atoms with van der Waals surface area (Å²) in [6, 6.07) is 8.30. The number of rotatable bonds is 0. The molecule has 0 aliphatic heterocycles. The molecule has 5 heteroatoms. The van der Waals surface area contributed by atoms with E-state index >= 15 is 0 Å². The maximum atomic E-state index is 13.2. The molecule has 1 spiro atoms. The lowest BCUT2D eigenvalue weighted by Crippen LogP contribution is -2.35. The first-order valence-corrected chi connectivity index (χ1v) is 8.23. The van der Waals surface area contributed by atoms with Gasteiger partial charge in [0, 0.05) is 12.5 Å². The van der Waals surface area contributed by atoms with Crippen molar-refractivity contribution in [1.82, 2.24) is 19.2 Å². The van der Waals surface area contributed by atoms with Gasteiger partial charge in [-0.25, -0.2) is 14.1 Å². The van der Waals surface area contributed by atoms with E-state index in [4.69, 9.17) is 4.98 Å². The Hall–Kier alpha value is -2.43. The van der Waals surface area contributed by atoms with Gasteiger partial charge >= 0.3 is 0 Å². The van der Waals surface area contributed by atoms with Crippen molar-refractivity contribution in [2.75, 3.05) is 0 Å². The van der Waals surface area contributed by atoms with Crippen molar-refractivity contribution in [3.05, 3.63) is 52.2 Å². The van der Waals surface area contributed by atoms with Gasteiger partial charge in [-0.05, 0) is 30.4 Å². The first-order valence-electron chi connectivity index (χ1n) is 8.23. The van der Waals surface area contributed by atoms with E-state index in [0.29, 0.717) is 5.78 Å². The number of aryl methyl sites for hydroxylation is 1. The zero-order valence-corrected chi connectivity index (χ0v) is 13.1. The summed E-state index contributed by atoms with van der Waals surface area (Å²) in [5, 5.41) is 4.22. The predicted octanol–water partition coefficient (Wildman–Crippen LogP) is 2.46. The molecular formula is C18H18N4O. The maximum Gasteiger partial charge on any atom is 0.268 e. The number of nitrogens with zero attached hydrogens (tertiary/aromatic N) is 4. The zero-order valence-electron chi connectivity index (χ0n) is 13.1. The second kappa shape index (κ2) is 4.31. The molecule has 1 fully saturated rings. The lowest BCUT2D eigenvalue weighted by molar-refractivity contribution is 0.419. The third kappa shape index (κ3) is 1.59. The number of fused-ring (bicyclic) bond motifs is 5. The molecular weight excluding hydrogens is 288 g/mol. The van der Waals surface area contributed by atoms with Crippen molar-refractivity contribution >= 4 is 5.78 Å². The van der Waals surface area contributed by atoms with Crippen LogP contribution in [0.15, 0.2) is 35.4 Å². The first kappa shape index (κ1) is 13.0. The summed E-state index contributed by atoms with van der Waals surface area (Å²) < 4.78 is 3.26. The molecule has 2 aliphatic carbocycles. The lowest BCUT2D eigenvalue weighted by Gasteiger charge is -2.35. The summed E-state index contributed by atoms with van der Waals surface area (Å²) in [6.45, 7) is 0. The molecule has 0 radical (unpaired) electrons. The Morgan fingerprint density at radius 2 is 1.96 bits per heavy atom. The van der Waals surface area contributed by atoms with Gasteiger partial charge in [0.15, 0.2) is 0 Å². The van der Waals surface area contributed by atoms with E-state index < -0.39 is 0 Å². The van der Waals surface area contributed by atoms with Crippen LogP contribution in [0.4, 0.5) is 0 Å². The lowest BCUT2D eigenvalue weighted by atomic mass is 9.69. The zero-order chi connectivity index (χ0) is 15.6. The molecule has 116 valence electrons. The highest BCUT2D eigenvalue weighted by atomic mass is 16.1. The fourth-order valence-corrected chi connectivity index (χ4v) is 4.49. The van der Waals surface area contributed by atoms with Crippen LogP contribution >= 0.6 is 0 Å². The molecule has 0 unspecified atom stereocenters. The average molecular weight is 306 g/mol. The SMILES string of the molecule is Cn1ncn2c(=O)c3c(nc12)C1(CCCC1)Cc1ccccc1-3. The molecule has 3 aromatic rings. The molecule has 0 amide bonds. The highest BCUT2D eigenvalue weighted by Gasteiger charge is 2.43. The summed E-state index contributed by atoms with van der Waals surface area (Å²) in [5.41, 5.74) is 4.17. The Labute approximate surface area is 133 Å². The molecule has 5 rings (SSSR count). The molecule has 1 saturated carbocycles. The largest absolute Gasteiger partial charge is 0.268 e. The van der Waals surface area contributed by atoms with Crippen molar-refractivity contribution in [3.8, 4) is 11.1 Å². The molecule has 2 aliphatic rings. The normalized spacial score (nSPS) is 18.3. The van der Waals surface area contributed by atoms with Crippen LogP contribution in [0.2, 0.25) is 0 Å². The molecule has 0 saturated heterocycles. The van der Waals surface area contributed by atoms with E-state index in [0.717, 1.165) is 36.1 Å². The Morgan fingerprint density at radius 1 is 1.17 bits per heavy atom. The van der Waals surface area contributed by atoms with Gasteiger partial charge in [0.25, 0.3) is 5.56 Å². The van der Waals surface area contributed by atoms with Gasteiger partial charge in [-0.3, -0.25) is 4.79 Å². The van der Waals surface area contributed by atoms with Crippen molar-refractivity contribution in [3.63, 3.8) is 0 Å². The molecule has 23 heavy (non-hydrogen) atoms. The molecule has 5 nitrogen and oxygen atoms in total. The van der Waals surface area contributed by atoms with E-state index in [-0.39, 0.29) is 11.0 Å². The van der Waals surface area contributed by atoms with Gasteiger partial charge in [-0.2, -0.15) is 5.10 Å². The van der Waals surface area contributed by atoms with Gasteiger partial charge < -0.3 is 0 Å². The molecule has 0 atom stereocenters. The van der Waals surface area contributed by atoms with E-state index in [1.165, 1.54) is 18.4 Å². The van der Waals surface area contributed by atoms with Crippen LogP contribution in [-0.2, 0) is 18.9 Å². The third-order valence-electron chi connectivity index (χ3n) is 5.61. The minimum Gasteiger partial charge on any atom is -0.268 e. The Balaban J connectivity index is 1.95. The van der Waals surface area contributed by atoms with Crippen LogP contribution in [0.1, 0.15) is 36.9 Å². The van der Waals surface area contributed by atoms with Crippen molar-refractivity contribution in [2.24, 2.45) is 7.05 Å². The second-order valence-corrected chi connectivity index (χ2v) is 6.89. The summed E-state index contributed by atoms with van der Waals surface area (Å²) in [7, 11) is 1.84. The average Bonchev–Trinajstić information content (AvgIpc) is 3.16. The number of aromatic nitrogens is 4. The summed E-state index contributed by atoms with van der Waals surface area (Å²) >= 11 is 0. The predicted molar refractivity (Wildman–Crippen MR) is 87.5 cm³/mol. The number of hydrogen-bond donors (Lipinski definition) is 0. The minimum atomic E-state index is 0.0107. The highest BCUT2D eigenvalue weighted by molar-refractivity contribution is 5.74. The minimum absolute atomic E-state index is 0.0107. The van der Waals surface area contributed by atoms with Crippen molar-refractivity contribution < 1.29 is 0 Å². The van der Waals surface area contributed by atoms with Crippen LogP contribution < -0.4 is 5.56 Å². The highest BCUT2D eigenvalue weighted by Crippen LogP contribution is 2.49. The first-order chi connectivity index (χ1) is 11.2. The van der Waals surface area contributed by atoms with Gasteiger partial charge in [0.1, 0.15) is 6.33 Å². The van der Waals surface area contributed by atoms with E-state index in [1.807, 2.05) is 13.1 Å². The number of benzene rings is 1. The Morgan fingerprint density at radius 3 is 2.78 bits per heavy atom. The maximum absolute atomic E-state index is 13.2. The molecule has 2 aromatic heterocycles. The van der Waals surface area contributed by atoms with Gasteiger partial charge in [-0.1, -0.05) is 37.1 Å². The van der Waals surface area contributed by atoms with E-state index in [9.17, 15) is 4.79 Å². The topological polar surface area (TPSA) is 52.2 Å². The Kier molecular flexibility index (Phi) is 2.45. The van der Waals surface area contributed by atoms with Crippen molar-refractivity contribution in [1.29, 1.82) is 0 Å². The Bertz CT molecular complexity index is 992. The van der Waals surface area contributed by atoms with Crippen LogP contribution in [0.3, 0.4) is 0 Å². The van der Waals surface area contributed by atoms with Gasteiger partial charge in [-0.15, -0.1) is 0 Å². The van der Waals surface area contributed by atoms with Crippen molar-refractivity contribution in [2.45, 2.75) is 37.5 Å². The smallest absolute Gasteiger partial charge is 0.268 e. The molecule has 1 aromatic carbocycles.